The summed E-state index contributed by atoms with van der Waals surface area (Å²) < 4.78 is 12.4. The first-order chi connectivity index (χ1) is 10.2. The number of methoxy groups -OCH3 is 1. The van der Waals surface area contributed by atoms with E-state index in [1.54, 1.807) is 13.2 Å². The standard InChI is InChI=1S/C15H18BrN3O2/c1-20-15-11(16)6-9(12-8-14(17)19-18-12)7-13(15)21-10-4-2-3-5-10/h6-8,10H,2-5H2,1H3,(H3,17,18,19). The summed E-state index contributed by atoms with van der Waals surface area (Å²) in [4.78, 5) is 0. The molecule has 0 unspecified atom stereocenters. The molecule has 2 aromatic rings. The van der Waals surface area contributed by atoms with Gasteiger partial charge in [0.1, 0.15) is 5.82 Å². The van der Waals surface area contributed by atoms with Gasteiger partial charge in [-0.3, -0.25) is 5.10 Å². The largest absolute Gasteiger partial charge is 0.492 e. The highest BCUT2D eigenvalue weighted by Crippen LogP contribution is 2.41. The van der Waals surface area contributed by atoms with Gasteiger partial charge < -0.3 is 15.2 Å². The first kappa shape index (κ1) is 14.3. The summed E-state index contributed by atoms with van der Waals surface area (Å²) in [5, 5.41) is 6.88. The van der Waals surface area contributed by atoms with E-state index in [0.717, 1.165) is 40.1 Å². The zero-order valence-corrected chi connectivity index (χ0v) is 13.4. The number of hydrogen-bond donors (Lipinski definition) is 2. The van der Waals surface area contributed by atoms with Crippen molar-refractivity contribution < 1.29 is 9.47 Å². The number of nitrogens with zero attached hydrogens (tertiary/aromatic N) is 1. The monoisotopic (exact) mass is 351 g/mol. The van der Waals surface area contributed by atoms with E-state index in [2.05, 4.69) is 26.1 Å². The van der Waals surface area contributed by atoms with Gasteiger partial charge in [-0.15, -0.1) is 0 Å². The molecule has 21 heavy (non-hydrogen) atoms. The van der Waals surface area contributed by atoms with Crippen LogP contribution in [-0.2, 0) is 0 Å². The smallest absolute Gasteiger partial charge is 0.174 e. The van der Waals surface area contributed by atoms with Crippen LogP contribution in [0.2, 0.25) is 0 Å². The van der Waals surface area contributed by atoms with E-state index >= 15 is 0 Å². The van der Waals surface area contributed by atoms with Gasteiger partial charge in [-0.25, -0.2) is 0 Å². The van der Waals surface area contributed by atoms with Gasteiger partial charge in [0.05, 0.1) is 23.4 Å². The Balaban J connectivity index is 1.97. The Hall–Kier alpha value is -1.69. The number of nitrogen functional groups attached to an aromatic ring is 1. The van der Waals surface area contributed by atoms with Crippen LogP contribution in [0.4, 0.5) is 5.82 Å². The van der Waals surface area contributed by atoms with Crippen LogP contribution in [0.15, 0.2) is 22.7 Å². The molecule has 0 bridgehead atoms. The Morgan fingerprint density at radius 1 is 1.29 bits per heavy atom. The second kappa shape index (κ2) is 5.97. The number of aromatic nitrogens is 2. The van der Waals surface area contributed by atoms with Crippen LogP contribution in [0.25, 0.3) is 11.3 Å². The summed E-state index contributed by atoms with van der Waals surface area (Å²) >= 11 is 3.54. The number of benzene rings is 1. The zero-order chi connectivity index (χ0) is 14.8. The summed E-state index contributed by atoms with van der Waals surface area (Å²) in [7, 11) is 1.65. The molecule has 1 aliphatic rings. The Labute approximate surface area is 132 Å². The minimum absolute atomic E-state index is 0.271. The summed E-state index contributed by atoms with van der Waals surface area (Å²) in [5.74, 6) is 1.94. The van der Waals surface area contributed by atoms with Gasteiger partial charge in [-0.2, -0.15) is 5.10 Å². The van der Waals surface area contributed by atoms with Gasteiger partial charge >= 0.3 is 0 Å². The summed E-state index contributed by atoms with van der Waals surface area (Å²) in [5.41, 5.74) is 7.48. The molecule has 0 aliphatic heterocycles. The second-order valence-corrected chi connectivity index (χ2v) is 6.07. The van der Waals surface area contributed by atoms with Crippen molar-refractivity contribution in [2.45, 2.75) is 31.8 Å². The number of rotatable bonds is 4. The summed E-state index contributed by atoms with van der Waals surface area (Å²) in [6, 6.07) is 5.73. The highest BCUT2D eigenvalue weighted by Gasteiger charge is 2.20. The molecule has 5 nitrogen and oxygen atoms in total. The maximum absolute atomic E-state index is 6.13. The van der Waals surface area contributed by atoms with Gasteiger partial charge in [0.15, 0.2) is 11.5 Å². The third kappa shape index (κ3) is 3.00. The Morgan fingerprint density at radius 2 is 2.05 bits per heavy atom. The number of halogens is 1. The average molecular weight is 352 g/mol. The molecule has 1 heterocycles. The third-order valence-corrected chi connectivity index (χ3v) is 4.31. The molecule has 1 saturated carbocycles. The number of H-pyrrole nitrogens is 1. The van der Waals surface area contributed by atoms with Crippen molar-refractivity contribution in [1.82, 2.24) is 10.2 Å². The average Bonchev–Trinajstić information content (AvgIpc) is 3.10. The van der Waals surface area contributed by atoms with Gasteiger partial charge in [0.2, 0.25) is 0 Å². The highest BCUT2D eigenvalue weighted by molar-refractivity contribution is 9.10. The first-order valence-corrected chi connectivity index (χ1v) is 7.82. The number of nitrogens with two attached hydrogens (primary N) is 1. The van der Waals surface area contributed by atoms with Crippen LogP contribution in [0.3, 0.4) is 0 Å². The van der Waals surface area contributed by atoms with Crippen molar-refractivity contribution in [2.24, 2.45) is 0 Å². The molecule has 1 aromatic heterocycles. The fraction of sp³-hybridized carbons (Fsp3) is 0.400. The SMILES string of the molecule is COc1c(Br)cc(-c2cc(N)n[nH]2)cc1OC1CCCC1. The van der Waals surface area contributed by atoms with Crippen molar-refractivity contribution >= 4 is 21.7 Å². The summed E-state index contributed by atoms with van der Waals surface area (Å²) in [6.07, 6.45) is 4.92. The predicted octanol–water partition coefficient (Wildman–Crippen LogP) is 3.75. The number of ether oxygens (including phenoxy) is 2. The van der Waals surface area contributed by atoms with Crippen molar-refractivity contribution in [1.29, 1.82) is 0 Å². The topological polar surface area (TPSA) is 73.2 Å². The van der Waals surface area contributed by atoms with E-state index in [1.807, 2.05) is 12.1 Å². The van der Waals surface area contributed by atoms with E-state index < -0.39 is 0 Å². The van der Waals surface area contributed by atoms with Crippen LogP contribution in [0, 0.1) is 0 Å². The molecule has 0 atom stereocenters. The lowest BCUT2D eigenvalue weighted by Crippen LogP contribution is -2.11. The molecule has 0 amide bonds. The number of nitrogens with one attached hydrogen (secondary N) is 1. The minimum Gasteiger partial charge on any atom is -0.492 e. The van der Waals surface area contributed by atoms with Gasteiger partial charge in [-0.1, -0.05) is 0 Å². The van der Waals surface area contributed by atoms with E-state index in [4.69, 9.17) is 15.2 Å². The Morgan fingerprint density at radius 3 is 2.67 bits per heavy atom. The molecule has 1 fully saturated rings. The van der Waals surface area contributed by atoms with Crippen LogP contribution < -0.4 is 15.2 Å². The molecular weight excluding hydrogens is 334 g/mol. The lowest BCUT2D eigenvalue weighted by Gasteiger charge is -2.17. The fourth-order valence-electron chi connectivity index (χ4n) is 2.68. The molecular formula is C15H18BrN3O2. The lowest BCUT2D eigenvalue weighted by atomic mass is 10.1. The van der Waals surface area contributed by atoms with E-state index in [1.165, 1.54) is 12.8 Å². The minimum atomic E-state index is 0.271. The quantitative estimate of drug-likeness (QED) is 0.879. The number of hydrogen-bond acceptors (Lipinski definition) is 4. The molecule has 6 heteroatoms. The number of anilines is 1. The number of aromatic amines is 1. The second-order valence-electron chi connectivity index (χ2n) is 5.22. The normalized spacial score (nSPS) is 15.3. The van der Waals surface area contributed by atoms with Gasteiger partial charge in [-0.05, 0) is 53.7 Å². The van der Waals surface area contributed by atoms with Crippen LogP contribution in [-0.4, -0.2) is 23.4 Å². The van der Waals surface area contributed by atoms with E-state index in [-0.39, 0.29) is 6.10 Å². The summed E-state index contributed by atoms with van der Waals surface area (Å²) in [6.45, 7) is 0. The molecule has 1 aromatic carbocycles. The Bertz CT molecular complexity index is 636. The molecule has 3 N–H and O–H groups in total. The molecule has 0 spiro atoms. The molecule has 0 saturated heterocycles. The Kier molecular flexibility index (Phi) is 4.05. The maximum Gasteiger partial charge on any atom is 0.174 e. The van der Waals surface area contributed by atoms with Crippen LogP contribution in [0.1, 0.15) is 25.7 Å². The third-order valence-electron chi connectivity index (χ3n) is 3.72. The van der Waals surface area contributed by atoms with Crippen molar-refractivity contribution in [3.63, 3.8) is 0 Å². The lowest BCUT2D eigenvalue weighted by molar-refractivity contribution is 0.200. The van der Waals surface area contributed by atoms with E-state index in [9.17, 15) is 0 Å². The van der Waals surface area contributed by atoms with E-state index in [0.29, 0.717) is 5.82 Å². The zero-order valence-electron chi connectivity index (χ0n) is 11.9. The van der Waals surface area contributed by atoms with Crippen molar-refractivity contribution in [2.75, 3.05) is 12.8 Å². The molecule has 0 radical (unpaired) electrons. The fourth-order valence-corrected chi connectivity index (χ4v) is 3.28. The predicted molar refractivity (Wildman–Crippen MR) is 85.6 cm³/mol. The molecule has 3 rings (SSSR count). The molecule has 112 valence electrons. The van der Waals surface area contributed by atoms with Gasteiger partial charge in [0, 0.05) is 11.6 Å². The van der Waals surface area contributed by atoms with Gasteiger partial charge in [0.25, 0.3) is 0 Å². The maximum atomic E-state index is 6.13. The van der Waals surface area contributed by atoms with Crippen LogP contribution in [0.5, 0.6) is 11.5 Å². The highest BCUT2D eigenvalue weighted by atomic mass is 79.9. The van der Waals surface area contributed by atoms with Crippen molar-refractivity contribution in [3.05, 3.63) is 22.7 Å². The van der Waals surface area contributed by atoms with Crippen LogP contribution >= 0.6 is 15.9 Å². The molecule has 1 aliphatic carbocycles. The first-order valence-electron chi connectivity index (χ1n) is 7.03. The van der Waals surface area contributed by atoms with Crippen molar-refractivity contribution in [3.8, 4) is 22.8 Å².